The maximum absolute atomic E-state index is 13.3. The summed E-state index contributed by atoms with van der Waals surface area (Å²) in [4.78, 5) is 25.0. The maximum Gasteiger partial charge on any atom is 0.230 e. The molecule has 2 heterocycles. The molecule has 2 N–H and O–H groups in total. The van der Waals surface area contributed by atoms with Crippen LogP contribution in [0.1, 0.15) is 29.5 Å². The first-order chi connectivity index (χ1) is 19.1. The molecular weight excluding hydrogens is 552 g/mol. The van der Waals surface area contributed by atoms with E-state index in [1.165, 1.54) is 0 Å². The Labute approximate surface area is 235 Å². The van der Waals surface area contributed by atoms with Crippen LogP contribution in [0.2, 0.25) is 0 Å². The number of nitrogens with zero attached hydrogens (tertiary/aromatic N) is 2. The predicted octanol–water partition coefficient (Wildman–Crippen LogP) is 6.10. The van der Waals surface area contributed by atoms with E-state index < -0.39 is 5.54 Å². The van der Waals surface area contributed by atoms with Gasteiger partial charge in [0.1, 0.15) is 5.54 Å². The molecule has 4 aromatic carbocycles. The molecule has 7 heteroatoms. The number of rotatable bonds is 6. The average molecular weight is 579 g/mol. The molecule has 6 nitrogen and oxygen atoms in total. The van der Waals surface area contributed by atoms with Crippen molar-refractivity contribution < 1.29 is 9.59 Å². The Morgan fingerprint density at radius 1 is 0.872 bits per heavy atom. The number of aromatic nitrogens is 2. The summed E-state index contributed by atoms with van der Waals surface area (Å²) in [6, 6.07) is 37.0. The van der Waals surface area contributed by atoms with Gasteiger partial charge >= 0.3 is 0 Å². The topological polar surface area (TPSA) is 76.0 Å². The van der Waals surface area contributed by atoms with Crippen LogP contribution in [0.25, 0.3) is 10.9 Å². The number of carbonyl (C=O) groups is 2. The monoisotopic (exact) mass is 578 g/mol. The Bertz CT molecular complexity index is 1530. The normalized spacial score (nSPS) is 15.6. The van der Waals surface area contributed by atoms with Gasteiger partial charge in [-0.1, -0.05) is 107 Å². The second-order valence-corrected chi connectivity index (χ2v) is 10.7. The van der Waals surface area contributed by atoms with Gasteiger partial charge in [0.25, 0.3) is 0 Å². The lowest BCUT2D eigenvalue weighted by Crippen LogP contribution is -2.40. The fourth-order valence-corrected chi connectivity index (χ4v) is 5.88. The van der Waals surface area contributed by atoms with E-state index in [1.807, 2.05) is 77.5 Å². The fourth-order valence-electron chi connectivity index (χ4n) is 5.52. The highest BCUT2D eigenvalue weighted by Gasteiger charge is 2.41. The number of benzene rings is 4. The first kappa shape index (κ1) is 25.1. The first-order valence-corrected chi connectivity index (χ1v) is 13.8. The van der Waals surface area contributed by atoms with Gasteiger partial charge in [-0.15, -0.1) is 0 Å². The van der Waals surface area contributed by atoms with Crippen LogP contribution in [-0.2, 0) is 15.1 Å². The van der Waals surface area contributed by atoms with Crippen LogP contribution in [0, 0.1) is 5.92 Å². The summed E-state index contributed by atoms with van der Waals surface area (Å²) < 4.78 is 2.92. The Morgan fingerprint density at radius 2 is 1.44 bits per heavy atom. The van der Waals surface area contributed by atoms with Crippen LogP contribution in [0.15, 0.2) is 114 Å². The molecule has 6 rings (SSSR count). The van der Waals surface area contributed by atoms with E-state index in [9.17, 15) is 9.59 Å². The van der Waals surface area contributed by atoms with Crippen LogP contribution in [0.4, 0.5) is 5.82 Å². The van der Waals surface area contributed by atoms with Crippen LogP contribution in [0.5, 0.6) is 0 Å². The Hall–Kier alpha value is -4.23. The summed E-state index contributed by atoms with van der Waals surface area (Å²) in [7, 11) is 0. The molecule has 0 radical (unpaired) electrons. The number of amides is 2. The van der Waals surface area contributed by atoms with E-state index >= 15 is 0 Å². The molecule has 1 aliphatic heterocycles. The summed E-state index contributed by atoms with van der Waals surface area (Å²) in [5, 5.41) is 11.9. The zero-order chi connectivity index (χ0) is 26.8. The molecule has 0 saturated carbocycles. The molecule has 0 bridgehead atoms. The van der Waals surface area contributed by atoms with Crippen molar-refractivity contribution in [2.45, 2.75) is 18.4 Å². The Morgan fingerprint density at radius 3 is 1.95 bits per heavy atom. The van der Waals surface area contributed by atoms with Crippen LogP contribution < -0.4 is 10.6 Å². The number of hydrogen-bond donors (Lipinski definition) is 2. The minimum atomic E-state index is -0.822. The van der Waals surface area contributed by atoms with Gasteiger partial charge in [0.05, 0.1) is 11.4 Å². The van der Waals surface area contributed by atoms with Crippen molar-refractivity contribution in [3.63, 3.8) is 0 Å². The number of anilines is 1. The molecule has 1 atom stereocenters. The van der Waals surface area contributed by atoms with E-state index in [4.69, 9.17) is 5.10 Å². The molecule has 1 aliphatic rings. The minimum absolute atomic E-state index is 0.0175. The third kappa shape index (κ3) is 4.53. The molecule has 1 unspecified atom stereocenters. The summed E-state index contributed by atoms with van der Waals surface area (Å²) in [6.07, 6.45) is 0.861. The third-order valence-electron chi connectivity index (χ3n) is 7.41. The van der Waals surface area contributed by atoms with Crippen molar-refractivity contribution >= 4 is 44.5 Å². The summed E-state index contributed by atoms with van der Waals surface area (Å²) in [5.41, 5.74) is 3.19. The minimum Gasteiger partial charge on any atom is -0.355 e. The lowest BCUT2D eigenvalue weighted by molar-refractivity contribution is -0.126. The van der Waals surface area contributed by atoms with Crippen molar-refractivity contribution in [2.75, 3.05) is 11.9 Å². The molecule has 0 aliphatic carbocycles. The van der Waals surface area contributed by atoms with Crippen molar-refractivity contribution in [3.8, 4) is 0 Å². The lowest BCUT2D eigenvalue weighted by Gasteiger charge is -2.37. The van der Waals surface area contributed by atoms with Gasteiger partial charge < -0.3 is 10.6 Å². The molecule has 1 saturated heterocycles. The van der Waals surface area contributed by atoms with Crippen LogP contribution >= 0.6 is 15.9 Å². The van der Waals surface area contributed by atoms with Gasteiger partial charge in [-0.3, -0.25) is 9.59 Å². The molecule has 1 fully saturated rings. The van der Waals surface area contributed by atoms with E-state index in [0.717, 1.165) is 32.1 Å². The summed E-state index contributed by atoms with van der Waals surface area (Å²) >= 11 is 3.61. The lowest BCUT2D eigenvalue weighted by atomic mass is 9.77. The first-order valence-electron chi connectivity index (χ1n) is 13.0. The molecule has 194 valence electrons. The molecule has 2 amide bonds. The molecule has 0 spiro atoms. The van der Waals surface area contributed by atoms with E-state index in [0.29, 0.717) is 25.2 Å². The Kier molecular flexibility index (Phi) is 6.75. The van der Waals surface area contributed by atoms with Gasteiger partial charge in [0, 0.05) is 22.8 Å². The fraction of sp³-hybridized carbons (Fsp3) is 0.156. The predicted molar refractivity (Wildman–Crippen MR) is 156 cm³/mol. The van der Waals surface area contributed by atoms with E-state index in [1.54, 1.807) is 0 Å². The van der Waals surface area contributed by atoms with Crippen molar-refractivity contribution in [1.82, 2.24) is 15.1 Å². The number of fused-ring (bicyclic) bond motifs is 1. The molecule has 39 heavy (non-hydrogen) atoms. The highest BCUT2D eigenvalue weighted by atomic mass is 79.9. The summed E-state index contributed by atoms with van der Waals surface area (Å²) in [6.45, 7) is 0.328. The SMILES string of the molecule is O=C1CCC(C(=O)Nc2nn(C(c3ccccc3)(c3ccccc3)c3ccccc3)c3ccc(Br)cc23)CN1. The number of nitrogens with one attached hydrogen (secondary N) is 2. The quantitative estimate of drug-likeness (QED) is 0.239. The smallest absolute Gasteiger partial charge is 0.230 e. The number of hydrogen-bond acceptors (Lipinski definition) is 3. The molecular formula is C32H27BrN4O2. The van der Waals surface area contributed by atoms with Crippen molar-refractivity contribution in [1.29, 1.82) is 0 Å². The van der Waals surface area contributed by atoms with Crippen molar-refractivity contribution in [2.24, 2.45) is 5.92 Å². The summed E-state index contributed by atoms with van der Waals surface area (Å²) in [5.74, 6) is 0.0138. The average Bonchev–Trinajstić information content (AvgIpc) is 3.33. The Balaban J connectivity index is 1.61. The maximum atomic E-state index is 13.3. The van der Waals surface area contributed by atoms with E-state index in [-0.39, 0.29) is 17.7 Å². The molecule has 5 aromatic rings. The number of carbonyl (C=O) groups excluding carboxylic acids is 2. The van der Waals surface area contributed by atoms with Gasteiger partial charge in [-0.2, -0.15) is 5.10 Å². The van der Waals surface area contributed by atoms with Crippen LogP contribution in [-0.4, -0.2) is 28.1 Å². The zero-order valence-electron chi connectivity index (χ0n) is 21.2. The zero-order valence-corrected chi connectivity index (χ0v) is 22.8. The number of piperidine rings is 1. The third-order valence-corrected chi connectivity index (χ3v) is 7.91. The van der Waals surface area contributed by atoms with Crippen molar-refractivity contribution in [3.05, 3.63) is 130 Å². The molecule has 1 aromatic heterocycles. The van der Waals surface area contributed by atoms with Gasteiger partial charge in [-0.05, 0) is 41.3 Å². The van der Waals surface area contributed by atoms with Crippen LogP contribution in [0.3, 0.4) is 0 Å². The second kappa shape index (κ2) is 10.5. The highest BCUT2D eigenvalue weighted by molar-refractivity contribution is 9.10. The van der Waals surface area contributed by atoms with E-state index in [2.05, 4.69) is 63.0 Å². The largest absolute Gasteiger partial charge is 0.355 e. The van der Waals surface area contributed by atoms with Gasteiger partial charge in [0.15, 0.2) is 5.82 Å². The standard InChI is InChI=1S/C32H27BrN4O2/c33-26-17-18-28-27(20-26)30(35-31(39)22-16-19-29(38)34-21-22)36-37(28)32(23-10-4-1-5-11-23,24-12-6-2-7-13-24)25-14-8-3-9-15-25/h1-15,17-18,20,22H,16,19,21H2,(H,34,38)(H,35,36,39). The van der Waals surface area contributed by atoms with Gasteiger partial charge in [0.2, 0.25) is 11.8 Å². The van der Waals surface area contributed by atoms with Gasteiger partial charge in [-0.25, -0.2) is 4.68 Å². The second-order valence-electron chi connectivity index (χ2n) is 9.76. The number of halogens is 1. The highest BCUT2D eigenvalue weighted by Crippen LogP contribution is 2.43.